The van der Waals surface area contributed by atoms with E-state index in [1.807, 2.05) is 24.3 Å². The highest BCUT2D eigenvalue weighted by atomic mass is 79.9. The Labute approximate surface area is 131 Å². The fourth-order valence-corrected chi connectivity index (χ4v) is 2.14. The summed E-state index contributed by atoms with van der Waals surface area (Å²) in [7, 11) is 0. The van der Waals surface area contributed by atoms with Crippen molar-refractivity contribution in [1.82, 2.24) is 5.32 Å². The van der Waals surface area contributed by atoms with Crippen LogP contribution in [0.5, 0.6) is 5.75 Å². The van der Waals surface area contributed by atoms with Crippen LogP contribution in [-0.2, 0) is 11.3 Å². The maximum absolute atomic E-state index is 11.7. The lowest BCUT2D eigenvalue weighted by atomic mass is 10.2. The third-order valence-electron chi connectivity index (χ3n) is 2.76. The molecule has 0 spiro atoms. The van der Waals surface area contributed by atoms with Gasteiger partial charge in [0.05, 0.1) is 0 Å². The largest absolute Gasteiger partial charge is 0.484 e. The normalized spacial score (nSPS) is 9.95. The van der Waals surface area contributed by atoms with Crippen LogP contribution < -0.4 is 10.1 Å². The molecule has 0 aliphatic rings. The van der Waals surface area contributed by atoms with E-state index in [-0.39, 0.29) is 12.5 Å². The van der Waals surface area contributed by atoms with E-state index in [9.17, 15) is 9.59 Å². The molecule has 0 saturated carbocycles. The molecule has 1 amide bonds. The van der Waals surface area contributed by atoms with Crippen molar-refractivity contribution in [1.29, 1.82) is 0 Å². The first-order chi connectivity index (χ1) is 10.2. The van der Waals surface area contributed by atoms with Crippen LogP contribution >= 0.6 is 15.9 Å². The summed E-state index contributed by atoms with van der Waals surface area (Å²) in [4.78, 5) is 22.2. The quantitative estimate of drug-likeness (QED) is 0.817. The molecule has 0 aliphatic carbocycles. The molecule has 0 unspecified atom stereocenters. The zero-order valence-electron chi connectivity index (χ0n) is 11.2. The Balaban J connectivity index is 1.77. The molecule has 0 aromatic heterocycles. The molecule has 2 aromatic carbocycles. The lowest BCUT2D eigenvalue weighted by Crippen LogP contribution is -2.28. The van der Waals surface area contributed by atoms with E-state index in [0.717, 1.165) is 16.3 Å². The molecule has 2 rings (SSSR count). The van der Waals surface area contributed by atoms with Gasteiger partial charge in [-0.1, -0.05) is 28.1 Å². The molecule has 0 atom stereocenters. The summed E-state index contributed by atoms with van der Waals surface area (Å²) in [5.74, 6) is 0.354. The molecule has 108 valence electrons. The number of carbonyl (C=O) groups excluding carboxylic acids is 2. The Bertz CT molecular complexity index is 626. The predicted molar refractivity (Wildman–Crippen MR) is 83.3 cm³/mol. The van der Waals surface area contributed by atoms with Crippen LogP contribution in [0.4, 0.5) is 0 Å². The van der Waals surface area contributed by atoms with Gasteiger partial charge in [0, 0.05) is 16.6 Å². The van der Waals surface area contributed by atoms with Gasteiger partial charge < -0.3 is 10.1 Å². The zero-order chi connectivity index (χ0) is 15.1. The molecule has 0 saturated heterocycles. The summed E-state index contributed by atoms with van der Waals surface area (Å²) in [5.41, 5.74) is 1.58. The highest BCUT2D eigenvalue weighted by Crippen LogP contribution is 2.12. The number of carbonyl (C=O) groups is 2. The van der Waals surface area contributed by atoms with Crippen molar-refractivity contribution in [2.75, 3.05) is 6.61 Å². The molecule has 0 fully saturated rings. The molecule has 0 heterocycles. The SMILES string of the molecule is O=Cc1ccc(OCC(=O)NCc2cccc(Br)c2)cc1. The van der Waals surface area contributed by atoms with Crippen LogP contribution in [0.25, 0.3) is 0 Å². The Morgan fingerprint density at radius 1 is 1.19 bits per heavy atom. The summed E-state index contributed by atoms with van der Waals surface area (Å²) in [6.45, 7) is 0.389. The van der Waals surface area contributed by atoms with Crippen molar-refractivity contribution in [3.63, 3.8) is 0 Å². The van der Waals surface area contributed by atoms with Crippen molar-refractivity contribution in [3.8, 4) is 5.75 Å². The van der Waals surface area contributed by atoms with Gasteiger partial charge in [0.2, 0.25) is 0 Å². The third-order valence-corrected chi connectivity index (χ3v) is 3.26. The van der Waals surface area contributed by atoms with E-state index < -0.39 is 0 Å². The van der Waals surface area contributed by atoms with Gasteiger partial charge in [-0.25, -0.2) is 0 Å². The van der Waals surface area contributed by atoms with Gasteiger partial charge in [-0.3, -0.25) is 9.59 Å². The molecule has 5 heteroatoms. The minimum Gasteiger partial charge on any atom is -0.484 e. The van der Waals surface area contributed by atoms with E-state index in [1.165, 1.54) is 0 Å². The maximum Gasteiger partial charge on any atom is 0.258 e. The van der Waals surface area contributed by atoms with E-state index in [0.29, 0.717) is 17.9 Å². The molecule has 2 aromatic rings. The van der Waals surface area contributed by atoms with Crippen LogP contribution in [0, 0.1) is 0 Å². The lowest BCUT2D eigenvalue weighted by Gasteiger charge is -2.08. The van der Waals surface area contributed by atoms with Gasteiger partial charge in [-0.15, -0.1) is 0 Å². The van der Waals surface area contributed by atoms with Gasteiger partial charge in [0.15, 0.2) is 6.61 Å². The molecular formula is C16H14BrNO3. The summed E-state index contributed by atoms with van der Waals surface area (Å²) in [5, 5.41) is 2.78. The van der Waals surface area contributed by atoms with Crippen molar-refractivity contribution < 1.29 is 14.3 Å². The Hall–Kier alpha value is -2.14. The fraction of sp³-hybridized carbons (Fsp3) is 0.125. The molecule has 0 aliphatic heterocycles. The van der Waals surface area contributed by atoms with Crippen LogP contribution in [0.15, 0.2) is 53.0 Å². The monoisotopic (exact) mass is 347 g/mol. The van der Waals surface area contributed by atoms with Crippen LogP contribution in [-0.4, -0.2) is 18.8 Å². The Morgan fingerprint density at radius 2 is 1.95 bits per heavy atom. The number of halogens is 1. The summed E-state index contributed by atoms with van der Waals surface area (Å²) in [6, 6.07) is 14.3. The van der Waals surface area contributed by atoms with E-state index >= 15 is 0 Å². The zero-order valence-corrected chi connectivity index (χ0v) is 12.8. The van der Waals surface area contributed by atoms with Gasteiger partial charge >= 0.3 is 0 Å². The highest BCUT2D eigenvalue weighted by Gasteiger charge is 2.03. The smallest absolute Gasteiger partial charge is 0.258 e. The standard InChI is InChI=1S/C16H14BrNO3/c17-14-3-1-2-13(8-14)9-18-16(20)11-21-15-6-4-12(10-19)5-7-15/h1-8,10H,9,11H2,(H,18,20). The number of hydrogen-bond donors (Lipinski definition) is 1. The first kappa shape index (κ1) is 15.3. The molecule has 0 bridgehead atoms. The number of ether oxygens (including phenoxy) is 1. The molecular weight excluding hydrogens is 334 g/mol. The lowest BCUT2D eigenvalue weighted by molar-refractivity contribution is -0.123. The highest BCUT2D eigenvalue weighted by molar-refractivity contribution is 9.10. The predicted octanol–water partition coefficient (Wildman–Crippen LogP) is 2.96. The van der Waals surface area contributed by atoms with Crippen LogP contribution in [0.1, 0.15) is 15.9 Å². The number of aldehydes is 1. The molecule has 4 nitrogen and oxygen atoms in total. The van der Waals surface area contributed by atoms with Crippen molar-refractivity contribution in [2.45, 2.75) is 6.54 Å². The minimum atomic E-state index is -0.200. The van der Waals surface area contributed by atoms with Gasteiger partial charge in [0.1, 0.15) is 12.0 Å². The van der Waals surface area contributed by atoms with Crippen molar-refractivity contribution in [3.05, 3.63) is 64.1 Å². The van der Waals surface area contributed by atoms with Gasteiger partial charge in [0.25, 0.3) is 5.91 Å². The summed E-state index contributed by atoms with van der Waals surface area (Å²) in [6.07, 6.45) is 0.758. The number of rotatable bonds is 6. The minimum absolute atomic E-state index is 0.0611. The van der Waals surface area contributed by atoms with Crippen molar-refractivity contribution in [2.24, 2.45) is 0 Å². The number of hydrogen-bond acceptors (Lipinski definition) is 3. The first-order valence-corrected chi connectivity index (χ1v) is 7.16. The average Bonchev–Trinajstić information content (AvgIpc) is 2.51. The maximum atomic E-state index is 11.7. The number of nitrogens with one attached hydrogen (secondary N) is 1. The molecule has 1 N–H and O–H groups in total. The summed E-state index contributed by atoms with van der Waals surface area (Å²) < 4.78 is 6.32. The van der Waals surface area contributed by atoms with Gasteiger partial charge in [-0.2, -0.15) is 0 Å². The number of amides is 1. The van der Waals surface area contributed by atoms with E-state index in [2.05, 4.69) is 21.2 Å². The van der Waals surface area contributed by atoms with E-state index in [4.69, 9.17) is 4.74 Å². The van der Waals surface area contributed by atoms with Crippen LogP contribution in [0.2, 0.25) is 0 Å². The Kier molecular flexibility index (Phi) is 5.51. The first-order valence-electron chi connectivity index (χ1n) is 6.36. The van der Waals surface area contributed by atoms with Gasteiger partial charge in [-0.05, 0) is 42.0 Å². The van der Waals surface area contributed by atoms with E-state index in [1.54, 1.807) is 24.3 Å². The van der Waals surface area contributed by atoms with Crippen molar-refractivity contribution >= 4 is 28.1 Å². The molecule has 0 radical (unpaired) electrons. The molecule has 21 heavy (non-hydrogen) atoms. The number of benzene rings is 2. The topological polar surface area (TPSA) is 55.4 Å². The second-order valence-corrected chi connectivity index (χ2v) is 5.30. The summed E-state index contributed by atoms with van der Waals surface area (Å²) >= 11 is 3.38. The second kappa shape index (κ2) is 7.59. The average molecular weight is 348 g/mol. The second-order valence-electron chi connectivity index (χ2n) is 4.38. The van der Waals surface area contributed by atoms with Crippen LogP contribution in [0.3, 0.4) is 0 Å². The Morgan fingerprint density at radius 3 is 2.62 bits per heavy atom. The fourth-order valence-electron chi connectivity index (χ4n) is 1.69. The third kappa shape index (κ3) is 5.04.